The molecule has 0 amide bonds. The maximum absolute atomic E-state index is 2.33. The summed E-state index contributed by atoms with van der Waals surface area (Å²) in [5.41, 5.74) is 0. The average Bonchev–Trinajstić information content (AvgIpc) is 1.87. The smallest absolute Gasteiger partial charge is 0.0198 e. The molecule has 0 radical (unpaired) electrons. The second kappa shape index (κ2) is 7.33. The van der Waals surface area contributed by atoms with Crippen LogP contribution in [0.15, 0.2) is 0 Å². The van der Waals surface area contributed by atoms with Crippen LogP contribution in [-0.4, -0.2) is 9.52 Å². The fourth-order valence-corrected chi connectivity index (χ4v) is 3.47. The zero-order valence-electron chi connectivity index (χ0n) is 7.82. The van der Waals surface area contributed by atoms with Gasteiger partial charge in [0, 0.05) is 9.52 Å². The Hall–Kier alpha value is 0.217. The third-order valence-corrected chi connectivity index (χ3v) is 3.79. The largest absolute Gasteiger partial charge is 0.0654 e. The molecule has 0 aromatic rings. The van der Waals surface area contributed by atoms with Gasteiger partial charge in [0.05, 0.1) is 0 Å². The number of hydrogen-bond donors (Lipinski definition) is 0. The van der Waals surface area contributed by atoms with E-state index in [4.69, 9.17) is 0 Å². The molecule has 0 saturated heterocycles. The minimum absolute atomic E-state index is 0.358. The Morgan fingerprint density at radius 1 is 1.20 bits per heavy atom. The highest BCUT2D eigenvalue weighted by Crippen LogP contribution is 2.05. The van der Waals surface area contributed by atoms with Crippen LogP contribution >= 0.6 is 0 Å². The monoisotopic (exact) mass is 158 g/mol. The average molecular weight is 158 g/mol. The zero-order chi connectivity index (χ0) is 7.82. The van der Waals surface area contributed by atoms with E-state index in [0.29, 0.717) is 9.52 Å². The van der Waals surface area contributed by atoms with Crippen molar-refractivity contribution >= 4 is 9.52 Å². The summed E-state index contributed by atoms with van der Waals surface area (Å²) in [5.74, 6) is 0.939. The van der Waals surface area contributed by atoms with Gasteiger partial charge in [0.15, 0.2) is 0 Å². The lowest BCUT2D eigenvalue weighted by Crippen LogP contribution is -1.93. The van der Waals surface area contributed by atoms with Crippen molar-refractivity contribution in [1.29, 1.82) is 0 Å². The van der Waals surface area contributed by atoms with Crippen LogP contribution in [0.25, 0.3) is 0 Å². The fourth-order valence-electron chi connectivity index (χ4n) is 1.16. The summed E-state index contributed by atoms with van der Waals surface area (Å²) in [6.45, 7) is 6.94. The molecule has 0 nitrogen and oxygen atoms in total. The molecule has 0 atom stereocenters. The molecule has 0 aromatic heterocycles. The van der Waals surface area contributed by atoms with Gasteiger partial charge in [-0.15, -0.1) is 0 Å². The standard InChI is InChI=1S/C9H22Si/c1-4-5-7-10-8-6-9(2)3/h9H,4-8,10H2,1-3H3. The molecule has 0 heterocycles. The zero-order valence-corrected chi connectivity index (χ0v) is 9.23. The van der Waals surface area contributed by atoms with Crippen molar-refractivity contribution < 1.29 is 0 Å². The molecule has 0 unspecified atom stereocenters. The SMILES string of the molecule is CCCC[SiH2]CCC(C)C. The highest BCUT2D eigenvalue weighted by atomic mass is 28.2. The van der Waals surface area contributed by atoms with Crippen molar-refractivity contribution in [3.63, 3.8) is 0 Å². The highest BCUT2D eigenvalue weighted by Gasteiger charge is 1.93. The molecular formula is C9H22Si. The van der Waals surface area contributed by atoms with Crippen molar-refractivity contribution in [2.24, 2.45) is 5.92 Å². The van der Waals surface area contributed by atoms with E-state index in [1.165, 1.54) is 19.3 Å². The number of hydrogen-bond acceptors (Lipinski definition) is 0. The van der Waals surface area contributed by atoms with Gasteiger partial charge in [0.2, 0.25) is 0 Å². The van der Waals surface area contributed by atoms with Crippen LogP contribution in [0.5, 0.6) is 0 Å². The molecule has 0 bridgehead atoms. The molecule has 0 saturated carbocycles. The fraction of sp³-hybridized carbons (Fsp3) is 1.00. The summed E-state index contributed by atoms with van der Waals surface area (Å²) in [7, 11) is 0.358. The van der Waals surface area contributed by atoms with Crippen molar-refractivity contribution in [2.75, 3.05) is 0 Å². The van der Waals surface area contributed by atoms with E-state index in [1.807, 2.05) is 0 Å². The second-order valence-electron chi connectivity index (χ2n) is 3.60. The lowest BCUT2D eigenvalue weighted by molar-refractivity contribution is 0.623. The summed E-state index contributed by atoms with van der Waals surface area (Å²) < 4.78 is 0. The van der Waals surface area contributed by atoms with Crippen LogP contribution in [0.3, 0.4) is 0 Å². The van der Waals surface area contributed by atoms with Crippen molar-refractivity contribution in [3.8, 4) is 0 Å². The van der Waals surface area contributed by atoms with E-state index in [-0.39, 0.29) is 0 Å². The lowest BCUT2D eigenvalue weighted by atomic mass is 10.2. The van der Waals surface area contributed by atoms with Gasteiger partial charge < -0.3 is 0 Å². The van der Waals surface area contributed by atoms with E-state index >= 15 is 0 Å². The topological polar surface area (TPSA) is 0 Å². The van der Waals surface area contributed by atoms with E-state index in [2.05, 4.69) is 20.8 Å². The molecular weight excluding hydrogens is 136 g/mol. The van der Waals surface area contributed by atoms with E-state index in [1.54, 1.807) is 12.1 Å². The first-order valence-electron chi connectivity index (χ1n) is 4.77. The van der Waals surface area contributed by atoms with E-state index in [0.717, 1.165) is 5.92 Å². The molecule has 0 rings (SSSR count). The normalized spacial score (nSPS) is 12.0. The van der Waals surface area contributed by atoms with Gasteiger partial charge in [0.25, 0.3) is 0 Å². The Bertz CT molecular complexity index is 59.7. The quantitative estimate of drug-likeness (QED) is 0.412. The molecule has 0 aliphatic carbocycles. The predicted molar refractivity (Wildman–Crippen MR) is 52.5 cm³/mol. The first-order valence-corrected chi connectivity index (χ1v) is 6.77. The first kappa shape index (κ1) is 10.2. The van der Waals surface area contributed by atoms with Crippen LogP contribution in [0.4, 0.5) is 0 Å². The van der Waals surface area contributed by atoms with E-state index < -0.39 is 0 Å². The minimum atomic E-state index is 0.358. The van der Waals surface area contributed by atoms with Gasteiger partial charge in [-0.1, -0.05) is 52.1 Å². The second-order valence-corrected chi connectivity index (χ2v) is 5.72. The molecule has 62 valence electrons. The summed E-state index contributed by atoms with van der Waals surface area (Å²) >= 11 is 0. The molecule has 0 fully saturated rings. The highest BCUT2D eigenvalue weighted by molar-refractivity contribution is 6.35. The molecule has 0 aliphatic rings. The Kier molecular flexibility index (Phi) is 7.48. The Balaban J connectivity index is 2.77. The summed E-state index contributed by atoms with van der Waals surface area (Å²) in [5, 5.41) is 0. The first-order chi connectivity index (χ1) is 4.77. The molecule has 0 aliphatic heterocycles. The maximum atomic E-state index is 2.33. The predicted octanol–water partition coefficient (Wildman–Crippen LogP) is 2.84. The summed E-state index contributed by atoms with van der Waals surface area (Å²) in [6.07, 6.45) is 4.37. The molecule has 0 N–H and O–H groups in total. The van der Waals surface area contributed by atoms with Crippen molar-refractivity contribution in [1.82, 2.24) is 0 Å². The molecule has 0 spiro atoms. The number of rotatable bonds is 6. The van der Waals surface area contributed by atoms with Gasteiger partial charge in [-0.3, -0.25) is 0 Å². The Morgan fingerprint density at radius 3 is 2.40 bits per heavy atom. The molecule has 0 aromatic carbocycles. The van der Waals surface area contributed by atoms with Crippen LogP contribution in [-0.2, 0) is 0 Å². The molecule has 1 heteroatoms. The Labute approximate surface area is 68.2 Å². The molecule has 10 heavy (non-hydrogen) atoms. The number of unbranched alkanes of at least 4 members (excludes halogenated alkanes) is 1. The van der Waals surface area contributed by atoms with E-state index in [9.17, 15) is 0 Å². The summed E-state index contributed by atoms with van der Waals surface area (Å²) in [6, 6.07) is 3.17. The van der Waals surface area contributed by atoms with Gasteiger partial charge in [-0.2, -0.15) is 0 Å². The van der Waals surface area contributed by atoms with Crippen molar-refractivity contribution in [2.45, 2.75) is 52.1 Å². The van der Waals surface area contributed by atoms with Crippen LogP contribution < -0.4 is 0 Å². The maximum Gasteiger partial charge on any atom is 0.0198 e. The lowest BCUT2D eigenvalue weighted by Gasteiger charge is -2.02. The van der Waals surface area contributed by atoms with Gasteiger partial charge in [0.1, 0.15) is 0 Å². The van der Waals surface area contributed by atoms with Gasteiger partial charge in [-0.25, -0.2) is 0 Å². The Morgan fingerprint density at radius 2 is 1.90 bits per heavy atom. The third kappa shape index (κ3) is 8.22. The third-order valence-electron chi connectivity index (χ3n) is 1.89. The van der Waals surface area contributed by atoms with Crippen molar-refractivity contribution in [3.05, 3.63) is 0 Å². The van der Waals surface area contributed by atoms with Crippen LogP contribution in [0.1, 0.15) is 40.0 Å². The summed E-state index contributed by atoms with van der Waals surface area (Å²) in [4.78, 5) is 0. The minimum Gasteiger partial charge on any atom is -0.0654 e. The van der Waals surface area contributed by atoms with Gasteiger partial charge in [-0.05, 0) is 5.92 Å². The van der Waals surface area contributed by atoms with Crippen LogP contribution in [0, 0.1) is 5.92 Å². The van der Waals surface area contributed by atoms with Crippen LogP contribution in [0.2, 0.25) is 12.1 Å². The van der Waals surface area contributed by atoms with Gasteiger partial charge >= 0.3 is 0 Å².